The maximum absolute atomic E-state index is 13.6. The molecule has 22 atom stereocenters. The van der Waals surface area contributed by atoms with Gasteiger partial charge in [-0.25, -0.2) is 15.0 Å². The smallest absolute Gasteiger partial charge is 0.309 e. The van der Waals surface area contributed by atoms with Crippen molar-refractivity contribution in [1.82, 2.24) is 15.0 Å². The van der Waals surface area contributed by atoms with Crippen LogP contribution >= 0.6 is 34.0 Å². The lowest BCUT2D eigenvalue weighted by atomic mass is 9.71. The summed E-state index contributed by atoms with van der Waals surface area (Å²) in [6.07, 6.45) is 3.55. The highest BCUT2D eigenvalue weighted by atomic mass is 32.1. The number of rotatable bonds is 11. The average molecular weight is 1610 g/mol. The highest BCUT2D eigenvalue weighted by Gasteiger charge is 2.61. The van der Waals surface area contributed by atoms with Gasteiger partial charge in [-0.2, -0.15) is 0 Å². The first kappa shape index (κ1) is 89.8. The Morgan fingerprint density at radius 3 is 1.37 bits per heavy atom. The third-order valence-electron chi connectivity index (χ3n) is 24.8. The second-order valence-corrected chi connectivity index (χ2v) is 38.4. The zero-order valence-corrected chi connectivity index (χ0v) is 70.7. The first-order valence-corrected chi connectivity index (χ1v) is 42.2. The normalized spacial score (nSPS) is 35.4. The lowest BCUT2D eigenvalue weighted by Gasteiger charge is -2.35. The second-order valence-electron chi connectivity index (χ2n) is 34.8. The molecule has 22 nitrogen and oxygen atoms in total. The number of nitrogens with zero attached hydrogens (tertiary/aromatic N) is 3. The lowest BCUT2D eigenvalue weighted by molar-refractivity contribution is -0.159. The van der Waals surface area contributed by atoms with Crippen LogP contribution in [0, 0.1) is 72.5 Å². The molecule has 0 radical (unpaired) electrons. The number of ether oxygens (including phenoxy) is 6. The lowest BCUT2D eigenvalue weighted by Crippen LogP contribution is -2.46. The van der Waals surface area contributed by atoms with Crippen molar-refractivity contribution in [1.29, 1.82) is 0 Å². The van der Waals surface area contributed by atoms with Crippen LogP contribution in [0.3, 0.4) is 0 Å². The van der Waals surface area contributed by atoms with Crippen LogP contribution in [0.15, 0.2) is 85.3 Å². The highest BCUT2D eigenvalue weighted by molar-refractivity contribution is 7.18. The minimum Gasteiger partial charge on any atom is -0.457 e. The predicted octanol–water partition coefficient (Wildman–Crippen LogP) is 14.1. The van der Waals surface area contributed by atoms with Crippen molar-refractivity contribution in [2.24, 2.45) is 57.5 Å². The summed E-state index contributed by atoms with van der Waals surface area (Å²) in [6.45, 7) is 40.5. The molecular formula is C87H122N4O18S3. The number of hydrogen-bond acceptors (Lipinski definition) is 25. The van der Waals surface area contributed by atoms with E-state index >= 15 is 0 Å². The Bertz CT molecular complexity index is 4240. The third kappa shape index (κ3) is 20.8. The molecule has 6 saturated heterocycles. The monoisotopic (exact) mass is 1610 g/mol. The molecule has 0 spiro atoms. The predicted molar refractivity (Wildman–Crippen MR) is 435 cm³/mol. The fraction of sp³-hybridized carbons (Fsp3) is 0.644. The fourth-order valence-corrected chi connectivity index (χ4v) is 18.7. The van der Waals surface area contributed by atoms with Crippen LogP contribution in [-0.4, -0.2) is 165 Å². The average Bonchev–Trinajstić information content (AvgIpc) is 1.60. The van der Waals surface area contributed by atoms with Gasteiger partial charge in [0.25, 0.3) is 0 Å². The Hall–Kier alpha value is -6.17. The zero-order chi connectivity index (χ0) is 82.7. The number of Topliss-reactive ketones (excluding diaryl/α,β-unsaturated/α-hetero) is 3. The van der Waals surface area contributed by atoms with E-state index in [1.807, 2.05) is 117 Å². The van der Waals surface area contributed by atoms with E-state index in [4.69, 9.17) is 34.2 Å². The Morgan fingerprint density at radius 2 is 0.929 bits per heavy atom. The molecule has 11 rings (SSSR count). The number of carbonyl (C=O) groups excluding carboxylic acids is 6. The van der Waals surface area contributed by atoms with Gasteiger partial charge in [0, 0.05) is 23.1 Å². The van der Waals surface area contributed by atoms with Crippen LogP contribution in [0.25, 0.3) is 26.5 Å². The Kier molecular flexibility index (Phi) is 29.3. The number of epoxide rings is 3. The summed E-state index contributed by atoms with van der Waals surface area (Å²) < 4.78 is 38.4. The molecular weight excluding hydrogens is 1490 g/mol. The zero-order valence-electron chi connectivity index (χ0n) is 68.3. The van der Waals surface area contributed by atoms with Crippen molar-refractivity contribution in [3.63, 3.8) is 0 Å². The van der Waals surface area contributed by atoms with Crippen LogP contribution in [0.4, 0.5) is 0 Å². The molecule has 25 heteroatoms. The van der Waals surface area contributed by atoms with Crippen molar-refractivity contribution in [2.75, 3.05) is 0 Å². The number of cyclic esters (lactones) is 3. The van der Waals surface area contributed by atoms with Gasteiger partial charge in [-0.3, -0.25) is 28.8 Å². The van der Waals surface area contributed by atoms with Crippen molar-refractivity contribution in [3.05, 3.63) is 117 Å². The summed E-state index contributed by atoms with van der Waals surface area (Å²) >= 11 is 4.75. The van der Waals surface area contributed by atoms with Crippen LogP contribution < -0.4 is 5.73 Å². The molecule has 22 unspecified atom stereocenters. The number of benzene rings is 2. The number of ketones is 3. The SMILES string of the molecule is C=CCC1C(=O)C(C)(C)C(O)CC(=O)OC(/C(C)=C/c2csc(C)n2)C2OC2(C)CCCC(C)C1O.C=CCC1C(=O)C(C)(C)C(O)CC(=O)OC(C(N)c2ccc3sc(C)nc3c2)C2OC2(C)CCCC(C)C1O.C=CCC1C(=O)C(C)(C)C(O)CC(=O)OC(c2ccc3sc(C)nc3c2)C2OC2(C)CCCC(C)C1O. The van der Waals surface area contributed by atoms with E-state index in [1.165, 1.54) is 0 Å². The van der Waals surface area contributed by atoms with E-state index in [9.17, 15) is 59.4 Å². The van der Waals surface area contributed by atoms with Crippen molar-refractivity contribution < 1.29 is 87.8 Å². The van der Waals surface area contributed by atoms with E-state index < -0.39 is 136 Å². The van der Waals surface area contributed by atoms with Gasteiger partial charge >= 0.3 is 17.9 Å². The van der Waals surface area contributed by atoms with Gasteiger partial charge in [0.2, 0.25) is 0 Å². The second kappa shape index (κ2) is 36.6. The number of aliphatic hydroxyl groups excluding tert-OH is 6. The molecule has 616 valence electrons. The molecule has 0 aliphatic carbocycles. The van der Waals surface area contributed by atoms with Crippen LogP contribution in [0.5, 0.6) is 0 Å². The van der Waals surface area contributed by atoms with Gasteiger partial charge in [-0.15, -0.1) is 53.7 Å². The third-order valence-corrected chi connectivity index (χ3v) is 27.5. The number of hydrogen-bond donors (Lipinski definition) is 7. The number of aliphatic hydroxyl groups is 6. The number of esters is 3. The van der Waals surface area contributed by atoms with Crippen molar-refractivity contribution in [3.8, 4) is 0 Å². The summed E-state index contributed by atoms with van der Waals surface area (Å²) in [5, 5.41) is 71.2. The van der Waals surface area contributed by atoms with Gasteiger partial charge in [-0.05, 0) is 171 Å². The topological polar surface area (TPSA) is 354 Å². The molecule has 8 N–H and O–H groups in total. The standard InChI is InChI=1S/C30H42N2O6S.C29H39NO6S.C28H41NO6S/c1-7-9-19-25(35)16(2)10-8-13-30(6)28(38-30)26(37-23(34)15-22(33)29(4,5)27(19)36)24(31)18-11-12-21-20(14-18)32-17(3)39-21;1-7-9-19-24(33)16(2)10-8-13-29(6)27(36-29)25(18-11-12-21-20(14-18)30-17(3)37-21)35-23(32)15-22(31)28(4,5)26(19)34;1-8-10-20-23(32)16(2)11-9-12-28(7)26(35-28)24(17(3)13-19-15-36-18(4)29-19)34-22(31)14-21(30)27(5,6)25(20)33/h7,11-12,14,16,19,22,24-26,28,33,35H,1,8-10,13,15,31H2,2-6H3;7,11-12,14,16,19,22,24-25,27,31,33H,1,8-10,13,15H2,2-6H3;8,13,15-16,20-21,23-24,26,30,32H,1,9-12,14H2,2-7H3/b;;17-13+. The van der Waals surface area contributed by atoms with E-state index in [0.717, 1.165) is 90.0 Å². The molecule has 112 heavy (non-hydrogen) atoms. The number of thiazole rings is 3. The highest BCUT2D eigenvalue weighted by Crippen LogP contribution is 2.52. The Balaban J connectivity index is 0.000000193. The van der Waals surface area contributed by atoms with Crippen LogP contribution in [0.2, 0.25) is 0 Å². The molecule has 0 saturated carbocycles. The largest absolute Gasteiger partial charge is 0.457 e. The molecule has 3 aromatic heterocycles. The van der Waals surface area contributed by atoms with Crippen LogP contribution in [-0.2, 0) is 57.2 Å². The minimum absolute atomic E-state index is 0.124. The van der Waals surface area contributed by atoms with Gasteiger partial charge in [0.1, 0.15) is 41.8 Å². The number of allylic oxidation sites excluding steroid dienone is 3. The van der Waals surface area contributed by atoms with E-state index in [2.05, 4.69) is 34.7 Å². The molecule has 6 aliphatic rings. The van der Waals surface area contributed by atoms with Crippen molar-refractivity contribution >= 4 is 95.8 Å². The summed E-state index contributed by atoms with van der Waals surface area (Å²) in [4.78, 5) is 93.6. The first-order valence-electron chi connectivity index (χ1n) is 39.7. The molecule has 5 aromatic rings. The maximum Gasteiger partial charge on any atom is 0.309 e. The van der Waals surface area contributed by atoms with E-state index in [1.54, 1.807) is 93.8 Å². The number of aromatic nitrogens is 3. The molecule has 6 aliphatic heterocycles. The Labute approximate surface area is 672 Å². The van der Waals surface area contributed by atoms with E-state index in [0.29, 0.717) is 38.5 Å². The maximum atomic E-state index is 13.6. The number of fused-ring (bicyclic) bond motifs is 5. The molecule has 6 fully saturated rings. The fourth-order valence-electron chi connectivity index (χ4n) is 16.5. The summed E-state index contributed by atoms with van der Waals surface area (Å²) in [5.41, 5.74) is 6.32. The van der Waals surface area contributed by atoms with Crippen molar-refractivity contribution in [2.45, 2.75) is 303 Å². The summed E-state index contributed by atoms with van der Waals surface area (Å²) in [7, 11) is 0. The van der Waals surface area contributed by atoms with Gasteiger partial charge in [-0.1, -0.05) is 112 Å². The van der Waals surface area contributed by atoms with Gasteiger partial charge in [0.05, 0.1) is 136 Å². The number of carbonyl (C=O) groups is 6. The number of nitrogens with two attached hydrogens (primary N) is 1. The Morgan fingerprint density at radius 1 is 0.536 bits per heavy atom. The van der Waals surface area contributed by atoms with Crippen LogP contribution in [0.1, 0.15) is 230 Å². The van der Waals surface area contributed by atoms with Gasteiger partial charge in [0.15, 0.2) is 12.2 Å². The van der Waals surface area contributed by atoms with E-state index in [-0.39, 0.29) is 73.0 Å². The first-order chi connectivity index (χ1) is 52.4. The molecule has 2 aromatic carbocycles. The summed E-state index contributed by atoms with van der Waals surface area (Å²) in [6, 6.07) is 11.0. The molecule has 9 heterocycles. The number of aryl methyl sites for hydroxylation is 3. The summed E-state index contributed by atoms with van der Waals surface area (Å²) in [5.74, 6) is -5.25. The quantitative estimate of drug-likeness (QED) is 0.0279. The van der Waals surface area contributed by atoms with Gasteiger partial charge < -0.3 is 64.8 Å². The molecule has 0 amide bonds. The molecule has 0 bridgehead atoms. The minimum atomic E-state index is -1.31.